The standard InChI is InChI=1S/C25H28FN5O3/c1-29-15-4-6-18(29)24(26)19(12-15)30(2)23-7-5-17(27-28-23)16-13-21-14(10-20(16)32)11-22(34-21)25(33)31-8-3-9-31/h5,7,10-11,13,15,18-19,24,32H,3-4,6,8-9,12H2,1-2H3/t15?,18?,19-,24+/m0/s1. The number of piperidine rings is 1. The molecule has 3 aliphatic heterocycles. The lowest BCUT2D eigenvalue weighted by molar-refractivity contribution is 0.0621. The quantitative estimate of drug-likeness (QED) is 0.632. The van der Waals surface area contributed by atoms with Crippen LogP contribution in [0.25, 0.3) is 22.2 Å². The monoisotopic (exact) mass is 465 g/mol. The van der Waals surface area contributed by atoms with Crippen LogP contribution in [0, 0.1) is 0 Å². The third kappa shape index (κ3) is 3.33. The van der Waals surface area contributed by atoms with Crippen LogP contribution in [0.2, 0.25) is 0 Å². The summed E-state index contributed by atoms with van der Waals surface area (Å²) in [4.78, 5) is 18.3. The van der Waals surface area contributed by atoms with Gasteiger partial charge in [-0.25, -0.2) is 4.39 Å². The van der Waals surface area contributed by atoms with Gasteiger partial charge in [-0.2, -0.15) is 0 Å². The molecule has 5 heterocycles. The molecule has 3 saturated heterocycles. The third-order valence-electron chi connectivity index (χ3n) is 7.92. The highest BCUT2D eigenvalue weighted by Crippen LogP contribution is 2.39. The van der Waals surface area contributed by atoms with Gasteiger partial charge in [-0.05, 0) is 63.1 Å². The van der Waals surface area contributed by atoms with E-state index in [9.17, 15) is 9.90 Å². The number of carbonyl (C=O) groups is 1. The zero-order valence-corrected chi connectivity index (χ0v) is 19.3. The average Bonchev–Trinajstić information content (AvgIpc) is 3.32. The van der Waals surface area contributed by atoms with Crippen molar-refractivity contribution in [3.63, 3.8) is 0 Å². The van der Waals surface area contributed by atoms with Crippen molar-refractivity contribution < 1.29 is 18.7 Å². The summed E-state index contributed by atoms with van der Waals surface area (Å²) in [5.41, 5.74) is 1.44. The second-order valence-corrected chi connectivity index (χ2v) is 9.76. The van der Waals surface area contributed by atoms with Crippen molar-refractivity contribution in [3.8, 4) is 17.0 Å². The fourth-order valence-electron chi connectivity index (χ4n) is 5.63. The molecule has 8 nitrogen and oxygen atoms in total. The molecule has 0 saturated carbocycles. The molecular formula is C25H28FN5O3. The molecule has 3 aromatic rings. The van der Waals surface area contributed by atoms with Gasteiger partial charge in [-0.1, -0.05) is 0 Å². The van der Waals surface area contributed by atoms with Gasteiger partial charge in [0.1, 0.15) is 17.5 Å². The highest BCUT2D eigenvalue weighted by molar-refractivity contribution is 5.97. The Labute approximate surface area is 196 Å². The fraction of sp³-hybridized carbons (Fsp3) is 0.480. The zero-order valence-electron chi connectivity index (χ0n) is 19.3. The van der Waals surface area contributed by atoms with Gasteiger partial charge in [0.15, 0.2) is 11.6 Å². The molecule has 4 atom stereocenters. The number of likely N-dealkylation sites (tertiary alicyclic amines) is 1. The van der Waals surface area contributed by atoms with E-state index in [-0.39, 0.29) is 29.5 Å². The van der Waals surface area contributed by atoms with Gasteiger partial charge in [0.2, 0.25) is 0 Å². The van der Waals surface area contributed by atoms with E-state index in [1.807, 2.05) is 19.0 Å². The largest absolute Gasteiger partial charge is 0.507 e. The number of benzene rings is 1. The van der Waals surface area contributed by atoms with Gasteiger partial charge in [-0.15, -0.1) is 10.2 Å². The maximum Gasteiger partial charge on any atom is 0.289 e. The first kappa shape index (κ1) is 21.3. The Morgan fingerprint density at radius 1 is 1.21 bits per heavy atom. The summed E-state index contributed by atoms with van der Waals surface area (Å²) in [7, 11) is 3.89. The summed E-state index contributed by atoms with van der Waals surface area (Å²) in [5.74, 6) is 0.759. The van der Waals surface area contributed by atoms with Crippen molar-refractivity contribution in [2.75, 3.05) is 32.1 Å². The molecule has 6 rings (SSSR count). The number of hydrogen-bond donors (Lipinski definition) is 1. The topological polar surface area (TPSA) is 85.9 Å². The van der Waals surface area contributed by atoms with Crippen LogP contribution in [0.3, 0.4) is 0 Å². The molecule has 2 unspecified atom stereocenters. The van der Waals surface area contributed by atoms with Crippen molar-refractivity contribution in [1.82, 2.24) is 20.0 Å². The van der Waals surface area contributed by atoms with E-state index in [2.05, 4.69) is 15.1 Å². The molecular weight excluding hydrogens is 437 g/mol. The second-order valence-electron chi connectivity index (χ2n) is 9.76. The molecule has 9 heteroatoms. The van der Waals surface area contributed by atoms with Crippen LogP contribution in [0.5, 0.6) is 5.75 Å². The number of aromatic nitrogens is 2. The van der Waals surface area contributed by atoms with Crippen LogP contribution in [0.4, 0.5) is 10.2 Å². The lowest BCUT2D eigenvalue weighted by Crippen LogP contribution is -2.56. The Morgan fingerprint density at radius 3 is 2.74 bits per heavy atom. The first-order valence-corrected chi connectivity index (χ1v) is 11.9. The summed E-state index contributed by atoms with van der Waals surface area (Å²) >= 11 is 0. The minimum atomic E-state index is -0.936. The third-order valence-corrected chi connectivity index (χ3v) is 7.92. The molecule has 34 heavy (non-hydrogen) atoms. The van der Waals surface area contributed by atoms with E-state index in [0.29, 0.717) is 34.1 Å². The minimum absolute atomic E-state index is 0.0300. The molecule has 2 bridgehead atoms. The number of amides is 1. The normalized spacial score (nSPS) is 26.6. The summed E-state index contributed by atoms with van der Waals surface area (Å²) < 4.78 is 21.0. The molecule has 3 fully saturated rings. The van der Waals surface area contributed by atoms with Crippen molar-refractivity contribution in [2.24, 2.45) is 0 Å². The molecule has 0 radical (unpaired) electrons. The lowest BCUT2D eigenvalue weighted by atomic mass is 9.95. The van der Waals surface area contributed by atoms with Crippen molar-refractivity contribution in [1.29, 1.82) is 0 Å². The maximum atomic E-state index is 15.2. The first-order chi connectivity index (χ1) is 16.4. The number of phenols is 1. The number of rotatable bonds is 4. The van der Waals surface area contributed by atoms with Crippen molar-refractivity contribution in [3.05, 3.63) is 36.1 Å². The summed E-state index contributed by atoms with van der Waals surface area (Å²) in [6.07, 6.45) is 2.77. The highest BCUT2D eigenvalue weighted by Gasteiger charge is 2.47. The molecule has 0 aliphatic carbocycles. The number of anilines is 1. The van der Waals surface area contributed by atoms with E-state index >= 15 is 4.39 Å². The molecule has 2 aromatic heterocycles. The van der Waals surface area contributed by atoms with Crippen LogP contribution in [0.15, 0.2) is 34.7 Å². The Kier molecular flexibility index (Phi) is 4.98. The number of fused-ring (bicyclic) bond motifs is 3. The first-order valence-electron chi connectivity index (χ1n) is 11.9. The van der Waals surface area contributed by atoms with Crippen LogP contribution < -0.4 is 4.90 Å². The van der Waals surface area contributed by atoms with E-state index in [1.54, 1.807) is 35.2 Å². The number of furan rings is 1. The maximum absolute atomic E-state index is 15.2. The predicted octanol–water partition coefficient (Wildman–Crippen LogP) is 3.45. The average molecular weight is 466 g/mol. The summed E-state index contributed by atoms with van der Waals surface area (Å²) in [6, 6.07) is 8.63. The molecule has 1 amide bonds. The van der Waals surface area contributed by atoms with Crippen molar-refractivity contribution in [2.45, 2.75) is 50.0 Å². The number of alkyl halides is 1. The SMILES string of the molecule is CN1C2CCC1[C@@H](F)[C@@H](N(C)c1ccc(-c3cc4oc(C(=O)N5CCC5)cc4cc3O)nn1)C2. The number of halogens is 1. The zero-order chi connectivity index (χ0) is 23.6. The Morgan fingerprint density at radius 2 is 2.03 bits per heavy atom. The van der Waals surface area contributed by atoms with Gasteiger partial charge in [-0.3, -0.25) is 9.69 Å². The summed E-state index contributed by atoms with van der Waals surface area (Å²) in [6.45, 7) is 1.48. The Balaban J connectivity index is 1.24. The van der Waals surface area contributed by atoms with Gasteiger partial charge >= 0.3 is 0 Å². The minimum Gasteiger partial charge on any atom is -0.507 e. The van der Waals surface area contributed by atoms with E-state index < -0.39 is 6.17 Å². The van der Waals surface area contributed by atoms with Gasteiger partial charge in [0.25, 0.3) is 5.91 Å². The molecule has 1 aromatic carbocycles. The molecule has 3 aliphatic rings. The van der Waals surface area contributed by atoms with E-state index in [0.717, 1.165) is 38.8 Å². The number of aromatic hydroxyl groups is 1. The second kappa shape index (κ2) is 7.94. The van der Waals surface area contributed by atoms with Gasteiger partial charge in [0, 0.05) is 43.2 Å². The van der Waals surface area contributed by atoms with Crippen molar-refractivity contribution >= 4 is 22.7 Å². The van der Waals surface area contributed by atoms with Crippen LogP contribution >= 0.6 is 0 Å². The lowest BCUT2D eigenvalue weighted by Gasteiger charge is -2.43. The Hall–Kier alpha value is -3.20. The van der Waals surface area contributed by atoms with Crippen LogP contribution in [-0.4, -0.2) is 82.5 Å². The highest BCUT2D eigenvalue weighted by atomic mass is 19.1. The number of nitrogens with zero attached hydrogens (tertiary/aromatic N) is 5. The van der Waals surface area contributed by atoms with E-state index in [1.165, 1.54) is 0 Å². The predicted molar refractivity (Wildman–Crippen MR) is 126 cm³/mol. The number of phenolic OH excluding ortho intramolecular Hbond substituents is 1. The van der Waals surface area contributed by atoms with Crippen LogP contribution in [-0.2, 0) is 0 Å². The molecule has 178 valence electrons. The summed E-state index contributed by atoms with van der Waals surface area (Å²) in [5, 5.41) is 19.9. The van der Waals surface area contributed by atoms with Gasteiger partial charge < -0.3 is 19.3 Å². The number of carbonyl (C=O) groups excluding carboxylic acids is 1. The molecule has 1 N–H and O–H groups in total. The van der Waals surface area contributed by atoms with Gasteiger partial charge in [0.05, 0.1) is 11.7 Å². The van der Waals surface area contributed by atoms with Crippen LogP contribution in [0.1, 0.15) is 36.2 Å². The number of hydrogen-bond acceptors (Lipinski definition) is 7. The fourth-order valence-corrected chi connectivity index (χ4v) is 5.63. The Bertz CT molecular complexity index is 1240. The molecule has 0 spiro atoms. The smallest absolute Gasteiger partial charge is 0.289 e. The van der Waals surface area contributed by atoms with E-state index in [4.69, 9.17) is 4.42 Å².